The Labute approximate surface area is 114 Å². The average Bonchev–Trinajstić information content (AvgIpc) is 2.27. The van der Waals surface area contributed by atoms with Gasteiger partial charge in [0.1, 0.15) is 0 Å². The third-order valence-corrected chi connectivity index (χ3v) is 2.73. The van der Waals surface area contributed by atoms with Gasteiger partial charge in [-0.25, -0.2) is 4.79 Å². The van der Waals surface area contributed by atoms with Gasteiger partial charge < -0.3 is 15.5 Å². The maximum Gasteiger partial charge on any atom is 0.335 e. The summed E-state index contributed by atoms with van der Waals surface area (Å²) in [7, 11) is 0. The summed E-state index contributed by atoms with van der Waals surface area (Å²) in [5.74, 6) is -0.922. The number of carboxylic acid groups (broad SMARTS) is 1. The number of hydrogen-bond donors (Lipinski definition) is 3. The number of hydrogen-bond acceptors (Lipinski definition) is 3. The minimum absolute atomic E-state index is 0.102. The average molecular weight is 265 g/mol. The molecule has 0 saturated heterocycles. The SMILES string of the molecule is CC(C)(C)CC(O)CNCc1cccc(C(=O)O)c1. The van der Waals surface area contributed by atoms with Gasteiger partial charge in [-0.1, -0.05) is 32.9 Å². The fourth-order valence-electron chi connectivity index (χ4n) is 1.98. The standard InChI is InChI=1S/C15H23NO3/c1-15(2,3)8-13(17)10-16-9-11-5-4-6-12(7-11)14(18)19/h4-7,13,16-17H,8-10H2,1-3H3,(H,18,19). The van der Waals surface area contributed by atoms with Crippen LogP contribution in [0.15, 0.2) is 24.3 Å². The minimum atomic E-state index is -0.922. The zero-order chi connectivity index (χ0) is 14.5. The molecular weight excluding hydrogens is 242 g/mol. The molecule has 1 rings (SSSR count). The van der Waals surface area contributed by atoms with E-state index in [-0.39, 0.29) is 17.1 Å². The Bertz CT molecular complexity index is 424. The normalized spacial score (nSPS) is 13.3. The van der Waals surface area contributed by atoms with E-state index >= 15 is 0 Å². The van der Waals surface area contributed by atoms with Crippen LogP contribution in [0.25, 0.3) is 0 Å². The maximum atomic E-state index is 10.8. The highest BCUT2D eigenvalue weighted by Gasteiger charge is 2.16. The predicted molar refractivity (Wildman–Crippen MR) is 75.2 cm³/mol. The number of benzene rings is 1. The van der Waals surface area contributed by atoms with Crippen LogP contribution in [0.3, 0.4) is 0 Å². The number of aromatic carboxylic acids is 1. The molecule has 0 radical (unpaired) electrons. The summed E-state index contributed by atoms with van der Waals surface area (Å²) in [6.07, 6.45) is 0.345. The van der Waals surface area contributed by atoms with E-state index in [4.69, 9.17) is 5.11 Å². The van der Waals surface area contributed by atoms with E-state index in [0.29, 0.717) is 13.1 Å². The lowest BCUT2D eigenvalue weighted by atomic mass is 9.89. The van der Waals surface area contributed by atoms with E-state index in [1.54, 1.807) is 18.2 Å². The summed E-state index contributed by atoms with van der Waals surface area (Å²) in [5, 5.41) is 21.9. The molecule has 19 heavy (non-hydrogen) atoms. The molecule has 0 aliphatic heterocycles. The van der Waals surface area contributed by atoms with Crippen LogP contribution < -0.4 is 5.32 Å². The van der Waals surface area contributed by atoms with Gasteiger partial charge in [0.2, 0.25) is 0 Å². The van der Waals surface area contributed by atoms with Gasteiger partial charge in [0.15, 0.2) is 0 Å². The summed E-state index contributed by atoms with van der Waals surface area (Å²) in [4.78, 5) is 10.8. The number of carbonyl (C=O) groups is 1. The molecule has 1 unspecified atom stereocenters. The van der Waals surface area contributed by atoms with Gasteiger partial charge in [-0.05, 0) is 29.5 Å². The van der Waals surface area contributed by atoms with E-state index in [1.165, 1.54) is 0 Å². The lowest BCUT2D eigenvalue weighted by molar-refractivity contribution is 0.0696. The van der Waals surface area contributed by atoms with Gasteiger partial charge in [-0.2, -0.15) is 0 Å². The molecule has 106 valence electrons. The third kappa shape index (κ3) is 6.36. The van der Waals surface area contributed by atoms with Crippen molar-refractivity contribution in [3.63, 3.8) is 0 Å². The highest BCUT2D eigenvalue weighted by molar-refractivity contribution is 5.87. The molecule has 0 aromatic heterocycles. The highest BCUT2D eigenvalue weighted by Crippen LogP contribution is 2.20. The van der Waals surface area contributed by atoms with Crippen molar-refractivity contribution in [3.8, 4) is 0 Å². The van der Waals surface area contributed by atoms with Gasteiger partial charge >= 0.3 is 5.97 Å². The van der Waals surface area contributed by atoms with Crippen LogP contribution in [0.4, 0.5) is 0 Å². The first-order valence-electron chi connectivity index (χ1n) is 6.49. The first-order valence-corrected chi connectivity index (χ1v) is 6.49. The molecule has 0 fully saturated rings. The molecule has 4 heteroatoms. The second-order valence-corrected chi connectivity index (χ2v) is 6.06. The summed E-state index contributed by atoms with van der Waals surface area (Å²) in [6.45, 7) is 7.34. The molecule has 0 heterocycles. The Morgan fingerprint density at radius 3 is 2.63 bits per heavy atom. The van der Waals surface area contributed by atoms with E-state index in [1.807, 2.05) is 6.07 Å². The first kappa shape index (κ1) is 15.7. The van der Waals surface area contributed by atoms with Crippen molar-refractivity contribution in [2.45, 2.75) is 39.8 Å². The molecular formula is C15H23NO3. The predicted octanol–water partition coefficient (Wildman–Crippen LogP) is 2.27. The van der Waals surface area contributed by atoms with Crippen LogP contribution in [0, 0.1) is 5.41 Å². The third-order valence-electron chi connectivity index (χ3n) is 2.73. The maximum absolute atomic E-state index is 10.8. The lowest BCUT2D eigenvalue weighted by Gasteiger charge is -2.22. The Balaban J connectivity index is 2.41. The van der Waals surface area contributed by atoms with Crippen LogP contribution >= 0.6 is 0 Å². The molecule has 1 aromatic carbocycles. The summed E-state index contributed by atoms with van der Waals surface area (Å²) >= 11 is 0. The fourth-order valence-corrected chi connectivity index (χ4v) is 1.98. The van der Waals surface area contributed by atoms with E-state index in [2.05, 4.69) is 26.1 Å². The first-order chi connectivity index (χ1) is 8.78. The molecule has 1 aromatic rings. The molecule has 0 aliphatic carbocycles. The molecule has 4 nitrogen and oxygen atoms in total. The fraction of sp³-hybridized carbons (Fsp3) is 0.533. The lowest BCUT2D eigenvalue weighted by Crippen LogP contribution is -2.29. The molecule has 0 aliphatic rings. The van der Waals surface area contributed by atoms with E-state index in [9.17, 15) is 9.90 Å². The second-order valence-electron chi connectivity index (χ2n) is 6.06. The zero-order valence-corrected chi connectivity index (χ0v) is 11.8. The zero-order valence-electron chi connectivity index (χ0n) is 11.8. The quantitative estimate of drug-likeness (QED) is 0.738. The minimum Gasteiger partial charge on any atom is -0.478 e. The number of rotatable bonds is 6. The van der Waals surface area contributed by atoms with Crippen molar-refractivity contribution < 1.29 is 15.0 Å². The van der Waals surface area contributed by atoms with Crippen molar-refractivity contribution >= 4 is 5.97 Å². The number of aliphatic hydroxyl groups is 1. The summed E-state index contributed by atoms with van der Waals surface area (Å²) in [5.41, 5.74) is 1.29. The van der Waals surface area contributed by atoms with Gasteiger partial charge in [0.25, 0.3) is 0 Å². The van der Waals surface area contributed by atoms with Gasteiger partial charge in [-0.3, -0.25) is 0 Å². The largest absolute Gasteiger partial charge is 0.478 e. The topological polar surface area (TPSA) is 69.6 Å². The summed E-state index contributed by atoms with van der Waals surface area (Å²) < 4.78 is 0. The van der Waals surface area contributed by atoms with Crippen LogP contribution in [-0.4, -0.2) is 28.8 Å². The molecule has 0 bridgehead atoms. The van der Waals surface area contributed by atoms with Crippen LogP contribution in [0.1, 0.15) is 43.1 Å². The second kappa shape index (κ2) is 6.68. The number of aliphatic hydroxyl groups excluding tert-OH is 1. The molecule has 0 saturated carbocycles. The number of nitrogens with one attached hydrogen (secondary N) is 1. The van der Waals surface area contributed by atoms with Crippen molar-refractivity contribution in [1.29, 1.82) is 0 Å². The highest BCUT2D eigenvalue weighted by atomic mass is 16.4. The molecule has 0 spiro atoms. The van der Waals surface area contributed by atoms with Crippen LogP contribution in [0.5, 0.6) is 0 Å². The molecule has 0 amide bonds. The van der Waals surface area contributed by atoms with Gasteiger partial charge in [-0.15, -0.1) is 0 Å². The Morgan fingerprint density at radius 2 is 2.05 bits per heavy atom. The van der Waals surface area contributed by atoms with Crippen molar-refractivity contribution in [2.75, 3.05) is 6.54 Å². The van der Waals surface area contributed by atoms with Crippen molar-refractivity contribution in [3.05, 3.63) is 35.4 Å². The smallest absolute Gasteiger partial charge is 0.335 e. The molecule has 1 atom stereocenters. The Hall–Kier alpha value is -1.39. The van der Waals surface area contributed by atoms with E-state index in [0.717, 1.165) is 12.0 Å². The monoisotopic (exact) mass is 265 g/mol. The van der Waals surface area contributed by atoms with Gasteiger partial charge in [0.05, 0.1) is 11.7 Å². The Kier molecular flexibility index (Phi) is 5.51. The Morgan fingerprint density at radius 1 is 1.37 bits per heavy atom. The van der Waals surface area contributed by atoms with Crippen molar-refractivity contribution in [1.82, 2.24) is 5.32 Å². The van der Waals surface area contributed by atoms with Crippen LogP contribution in [-0.2, 0) is 6.54 Å². The van der Waals surface area contributed by atoms with Gasteiger partial charge in [0, 0.05) is 13.1 Å². The number of carboxylic acids is 1. The van der Waals surface area contributed by atoms with Crippen molar-refractivity contribution in [2.24, 2.45) is 5.41 Å². The van der Waals surface area contributed by atoms with E-state index < -0.39 is 5.97 Å². The summed E-state index contributed by atoms with van der Waals surface area (Å²) in [6, 6.07) is 6.81. The molecule has 3 N–H and O–H groups in total. The van der Waals surface area contributed by atoms with Crippen LogP contribution in [0.2, 0.25) is 0 Å².